The van der Waals surface area contributed by atoms with Crippen LogP contribution in [0.4, 0.5) is 5.69 Å². The Morgan fingerprint density at radius 1 is 0.973 bits per heavy atom. The summed E-state index contributed by atoms with van der Waals surface area (Å²) in [6.45, 7) is 7.86. The van der Waals surface area contributed by atoms with Gasteiger partial charge in [-0.05, 0) is 59.7 Å². The summed E-state index contributed by atoms with van der Waals surface area (Å²) in [4.78, 5) is 15.5. The van der Waals surface area contributed by atoms with Crippen LogP contribution in [0.1, 0.15) is 16.7 Å². The van der Waals surface area contributed by atoms with Gasteiger partial charge in [0.05, 0.1) is 36.5 Å². The largest absolute Gasteiger partial charge is 0.288 e. The molecule has 7 nitrogen and oxygen atoms in total. The standard InChI is InChI=1S/C13H7BrN4.C8H6BrN.C6H3ClN2/c1-15-11-4-5-16-13(7-11)18-12-6-10(14)3-2-9(12)8-17-18;9-8-2-1-6-4-10-5-7(6)3-8;7-6-3-5(4-8)1-2-9-6/h2-8H;1-4H,5H2;1-3H. The van der Waals surface area contributed by atoms with Crippen LogP contribution in [-0.2, 0) is 6.54 Å². The molecule has 0 fully saturated rings. The molecule has 0 aliphatic carbocycles. The molecule has 0 spiro atoms. The molecule has 1 aliphatic heterocycles. The van der Waals surface area contributed by atoms with Gasteiger partial charge in [0.25, 0.3) is 0 Å². The quantitative estimate of drug-likeness (QED) is 0.140. The second kappa shape index (κ2) is 12.4. The average molecular weight is 634 g/mol. The zero-order valence-corrected chi connectivity index (χ0v) is 23.0. The Bertz CT molecular complexity index is 1680. The van der Waals surface area contributed by atoms with Crippen molar-refractivity contribution < 1.29 is 0 Å². The summed E-state index contributed by atoms with van der Waals surface area (Å²) in [5, 5.41) is 14.0. The minimum Gasteiger partial charge on any atom is -0.288 e. The zero-order chi connectivity index (χ0) is 26.2. The SMILES string of the molecule is Brc1ccc2c(c1)CN=C2.N#Cc1ccnc(Cl)c1.[C-]#[N+]c1ccnc(-n2ncc3ccc(Br)cc32)c1. The van der Waals surface area contributed by atoms with E-state index in [0.29, 0.717) is 22.2 Å². The first-order valence-corrected chi connectivity index (χ1v) is 12.7. The molecular formula is C27H16Br2ClN7. The van der Waals surface area contributed by atoms with Crippen LogP contribution >= 0.6 is 43.5 Å². The normalized spacial score (nSPS) is 10.8. The predicted molar refractivity (Wildman–Crippen MR) is 152 cm³/mol. The van der Waals surface area contributed by atoms with Crippen LogP contribution < -0.4 is 0 Å². The Balaban J connectivity index is 0.000000143. The molecule has 2 aromatic carbocycles. The van der Waals surface area contributed by atoms with Crippen molar-refractivity contribution in [3.05, 3.63) is 121 Å². The van der Waals surface area contributed by atoms with E-state index in [1.165, 1.54) is 23.4 Å². The van der Waals surface area contributed by atoms with Crippen LogP contribution in [0.25, 0.3) is 21.6 Å². The lowest BCUT2D eigenvalue weighted by molar-refractivity contribution is 0.875. The van der Waals surface area contributed by atoms with Gasteiger partial charge in [-0.1, -0.05) is 55.6 Å². The Labute approximate surface area is 235 Å². The minimum atomic E-state index is 0.356. The third kappa shape index (κ3) is 6.87. The van der Waals surface area contributed by atoms with Gasteiger partial charge in [-0.25, -0.2) is 19.5 Å². The molecule has 5 aromatic rings. The Kier molecular flexibility index (Phi) is 8.76. The summed E-state index contributed by atoms with van der Waals surface area (Å²) in [5.41, 5.74) is 4.62. The summed E-state index contributed by atoms with van der Waals surface area (Å²) >= 11 is 12.3. The molecule has 180 valence electrons. The van der Waals surface area contributed by atoms with E-state index in [1.807, 2.05) is 36.5 Å². The molecule has 3 aromatic heterocycles. The van der Waals surface area contributed by atoms with Crippen molar-refractivity contribution in [2.24, 2.45) is 4.99 Å². The second-order valence-electron chi connectivity index (χ2n) is 7.54. The molecular weight excluding hydrogens is 618 g/mol. The number of rotatable bonds is 1. The number of benzene rings is 2. The van der Waals surface area contributed by atoms with E-state index in [-0.39, 0.29) is 0 Å². The Hall–Kier alpha value is -3.89. The van der Waals surface area contributed by atoms with E-state index in [4.69, 9.17) is 23.4 Å². The fourth-order valence-corrected chi connectivity index (χ4v) is 4.25. The fourth-order valence-electron chi connectivity index (χ4n) is 3.32. The maximum absolute atomic E-state index is 8.33. The van der Waals surface area contributed by atoms with Crippen LogP contribution in [0, 0.1) is 17.9 Å². The van der Waals surface area contributed by atoms with Crippen molar-refractivity contribution in [1.29, 1.82) is 5.26 Å². The van der Waals surface area contributed by atoms with Crippen molar-refractivity contribution in [1.82, 2.24) is 19.7 Å². The summed E-state index contributed by atoms with van der Waals surface area (Å²) in [5.74, 6) is 0.650. The van der Waals surface area contributed by atoms with Crippen LogP contribution in [0.2, 0.25) is 5.15 Å². The molecule has 0 N–H and O–H groups in total. The van der Waals surface area contributed by atoms with Crippen molar-refractivity contribution in [3.63, 3.8) is 0 Å². The zero-order valence-electron chi connectivity index (χ0n) is 19.1. The first kappa shape index (κ1) is 26.2. The van der Waals surface area contributed by atoms with Crippen LogP contribution in [0.3, 0.4) is 0 Å². The van der Waals surface area contributed by atoms with Crippen molar-refractivity contribution in [2.45, 2.75) is 6.54 Å². The summed E-state index contributed by atoms with van der Waals surface area (Å²) in [6, 6.07) is 20.6. The molecule has 0 radical (unpaired) electrons. The molecule has 10 heteroatoms. The highest BCUT2D eigenvalue weighted by atomic mass is 79.9. The summed E-state index contributed by atoms with van der Waals surface area (Å²) in [6.07, 6.45) is 6.82. The van der Waals surface area contributed by atoms with Crippen LogP contribution in [-0.4, -0.2) is 26.0 Å². The van der Waals surface area contributed by atoms with Crippen LogP contribution in [0.15, 0.2) is 93.2 Å². The third-order valence-electron chi connectivity index (χ3n) is 5.06. The smallest absolute Gasteiger partial charge is 0.192 e. The number of halogens is 3. The molecule has 4 heterocycles. The average Bonchev–Trinajstić information content (AvgIpc) is 3.56. The molecule has 0 saturated heterocycles. The van der Waals surface area contributed by atoms with Crippen molar-refractivity contribution >= 4 is 66.3 Å². The highest BCUT2D eigenvalue weighted by molar-refractivity contribution is 9.10. The van der Waals surface area contributed by atoms with Gasteiger partial charge < -0.3 is 0 Å². The van der Waals surface area contributed by atoms with Gasteiger partial charge in [0, 0.05) is 32.9 Å². The first-order chi connectivity index (χ1) is 18.0. The van der Waals surface area contributed by atoms with Gasteiger partial charge in [0.1, 0.15) is 11.0 Å². The third-order valence-corrected chi connectivity index (χ3v) is 6.25. The Morgan fingerprint density at radius 2 is 1.76 bits per heavy atom. The number of aliphatic imine (C=N–C) groups is 1. The van der Waals surface area contributed by atoms with Gasteiger partial charge in [-0.2, -0.15) is 10.4 Å². The molecule has 1 aliphatic rings. The predicted octanol–water partition coefficient (Wildman–Crippen LogP) is 7.72. The van der Waals surface area contributed by atoms with Gasteiger partial charge >= 0.3 is 0 Å². The summed E-state index contributed by atoms with van der Waals surface area (Å²) < 4.78 is 3.85. The van der Waals surface area contributed by atoms with Gasteiger partial charge in [0.15, 0.2) is 5.69 Å². The van der Waals surface area contributed by atoms with E-state index in [0.717, 1.165) is 26.4 Å². The second-order valence-corrected chi connectivity index (χ2v) is 9.75. The number of aromatic nitrogens is 4. The van der Waals surface area contributed by atoms with Crippen molar-refractivity contribution in [3.8, 4) is 11.9 Å². The van der Waals surface area contributed by atoms with E-state index in [2.05, 4.69) is 68.9 Å². The van der Waals surface area contributed by atoms with E-state index in [9.17, 15) is 0 Å². The van der Waals surface area contributed by atoms with Gasteiger partial charge in [-0.3, -0.25) is 4.99 Å². The topological polar surface area (TPSA) is 84.1 Å². The number of nitrogens with zero attached hydrogens (tertiary/aromatic N) is 7. The Morgan fingerprint density at radius 3 is 2.51 bits per heavy atom. The lowest BCUT2D eigenvalue weighted by atomic mass is 10.1. The van der Waals surface area contributed by atoms with Gasteiger partial charge in [-0.15, -0.1) is 0 Å². The maximum Gasteiger partial charge on any atom is 0.192 e. The van der Waals surface area contributed by atoms with E-state index < -0.39 is 0 Å². The minimum absolute atomic E-state index is 0.356. The number of pyridine rings is 2. The number of fused-ring (bicyclic) bond motifs is 2. The molecule has 0 unspecified atom stereocenters. The fraction of sp³-hybridized carbons (Fsp3) is 0.0370. The molecule has 0 bridgehead atoms. The van der Waals surface area contributed by atoms with E-state index in [1.54, 1.807) is 35.3 Å². The molecule has 6 rings (SSSR count). The molecule has 0 amide bonds. The van der Waals surface area contributed by atoms with Gasteiger partial charge in [0.2, 0.25) is 0 Å². The molecule has 0 saturated carbocycles. The summed E-state index contributed by atoms with van der Waals surface area (Å²) in [7, 11) is 0. The number of hydrogen-bond donors (Lipinski definition) is 0. The molecule has 0 atom stereocenters. The van der Waals surface area contributed by atoms with Crippen molar-refractivity contribution in [2.75, 3.05) is 0 Å². The lowest BCUT2D eigenvalue weighted by Gasteiger charge is -2.03. The first-order valence-electron chi connectivity index (χ1n) is 10.7. The highest BCUT2D eigenvalue weighted by Gasteiger charge is 2.07. The van der Waals surface area contributed by atoms with Crippen LogP contribution in [0.5, 0.6) is 0 Å². The highest BCUT2D eigenvalue weighted by Crippen LogP contribution is 2.23. The van der Waals surface area contributed by atoms with E-state index >= 15 is 0 Å². The molecule has 37 heavy (non-hydrogen) atoms. The number of hydrogen-bond acceptors (Lipinski definition) is 5. The number of nitriles is 1. The monoisotopic (exact) mass is 631 g/mol. The maximum atomic E-state index is 8.33. The lowest BCUT2D eigenvalue weighted by Crippen LogP contribution is -1.98.